The van der Waals surface area contributed by atoms with Gasteiger partial charge in [0.15, 0.2) is 0 Å². The predicted molar refractivity (Wildman–Crippen MR) is 77.1 cm³/mol. The second-order valence-corrected chi connectivity index (χ2v) is 10.9. The van der Waals surface area contributed by atoms with Crippen molar-refractivity contribution in [3.8, 4) is 0 Å². The number of carboxylic acid groups (broad SMARTS) is 1. The molecule has 0 saturated carbocycles. The van der Waals surface area contributed by atoms with Crippen LogP contribution in [0.5, 0.6) is 0 Å². The van der Waals surface area contributed by atoms with Crippen LogP contribution in [0.25, 0.3) is 0 Å². The zero-order chi connectivity index (χ0) is 14.0. The van der Waals surface area contributed by atoms with Gasteiger partial charge in [0.2, 0.25) is 0 Å². The molecule has 0 unspecified atom stereocenters. The molecule has 0 spiro atoms. The molecule has 0 rings (SSSR count). The lowest BCUT2D eigenvalue weighted by Crippen LogP contribution is -2.34. The fraction of sp³-hybridized carbons (Fsp3) is 0.786. The van der Waals surface area contributed by atoms with E-state index < -0.39 is 14.8 Å². The van der Waals surface area contributed by atoms with Crippen molar-refractivity contribution in [2.24, 2.45) is 5.41 Å². The lowest BCUT2D eigenvalue weighted by atomic mass is 9.93. The van der Waals surface area contributed by atoms with Crippen molar-refractivity contribution in [3.63, 3.8) is 0 Å². The predicted octanol–water partition coefficient (Wildman–Crippen LogP) is 4.02. The van der Waals surface area contributed by atoms with Gasteiger partial charge >= 0.3 is 5.97 Å². The number of carboxylic acids is 1. The van der Waals surface area contributed by atoms with Crippen molar-refractivity contribution in [1.82, 2.24) is 0 Å². The van der Waals surface area contributed by atoms with Crippen molar-refractivity contribution in [2.75, 3.05) is 0 Å². The average molecular weight is 256 g/mol. The Hall–Kier alpha value is -0.573. The van der Waals surface area contributed by atoms with E-state index in [4.69, 9.17) is 0 Å². The molecule has 0 aromatic carbocycles. The van der Waals surface area contributed by atoms with Crippen LogP contribution in [-0.4, -0.2) is 19.9 Å². The Bertz CT molecular complexity index is 301. The fourth-order valence-electron chi connectivity index (χ4n) is 2.86. The van der Waals surface area contributed by atoms with Crippen LogP contribution in [0.3, 0.4) is 0 Å². The van der Waals surface area contributed by atoms with Gasteiger partial charge in [0, 0.05) is 5.57 Å². The van der Waals surface area contributed by atoms with E-state index in [0.29, 0.717) is 16.7 Å². The van der Waals surface area contributed by atoms with Gasteiger partial charge < -0.3 is 5.11 Å². The topological polar surface area (TPSA) is 37.3 Å². The van der Waals surface area contributed by atoms with E-state index in [-0.39, 0.29) is 5.41 Å². The molecule has 0 amide bonds. The normalized spacial score (nSPS) is 14.5. The summed E-state index contributed by atoms with van der Waals surface area (Å²) in [4.78, 5) is 11.3. The highest BCUT2D eigenvalue weighted by atomic mass is 28.3. The monoisotopic (exact) mass is 256 g/mol. The zero-order valence-electron chi connectivity index (χ0n) is 12.6. The van der Waals surface area contributed by atoms with Crippen molar-refractivity contribution >= 4 is 14.8 Å². The molecule has 0 aromatic rings. The van der Waals surface area contributed by atoms with Gasteiger partial charge in [-0.3, -0.25) is 0 Å². The van der Waals surface area contributed by atoms with Gasteiger partial charge in [0.25, 0.3) is 0 Å². The molecule has 17 heavy (non-hydrogen) atoms. The van der Waals surface area contributed by atoms with E-state index in [2.05, 4.69) is 48.5 Å². The third-order valence-corrected chi connectivity index (χ3v) is 8.14. The standard InChI is InChI=1S/C14H28O2Si/c1-9(2)17(10(3)4)12(14(6,7)8)11(5)13(15)16/h9-10,17H,1-8H3,(H,15,16). The molecule has 0 heterocycles. The van der Waals surface area contributed by atoms with E-state index in [9.17, 15) is 9.90 Å². The summed E-state index contributed by atoms with van der Waals surface area (Å²) in [5, 5.41) is 10.5. The summed E-state index contributed by atoms with van der Waals surface area (Å²) in [7, 11) is -1.24. The molecular formula is C14H28O2Si. The van der Waals surface area contributed by atoms with Crippen LogP contribution >= 0.6 is 0 Å². The molecule has 0 radical (unpaired) electrons. The van der Waals surface area contributed by atoms with Gasteiger partial charge in [-0.25, -0.2) is 4.79 Å². The molecule has 0 bridgehead atoms. The number of carbonyl (C=O) groups is 1. The molecule has 0 saturated heterocycles. The van der Waals surface area contributed by atoms with Crippen LogP contribution in [0, 0.1) is 5.41 Å². The zero-order valence-corrected chi connectivity index (χ0v) is 13.7. The van der Waals surface area contributed by atoms with Crippen LogP contribution in [0.15, 0.2) is 10.8 Å². The maximum atomic E-state index is 11.3. The highest BCUT2D eigenvalue weighted by Gasteiger charge is 2.33. The van der Waals surface area contributed by atoms with Crippen LogP contribution in [0.4, 0.5) is 0 Å². The van der Waals surface area contributed by atoms with Crippen LogP contribution in [-0.2, 0) is 4.79 Å². The minimum absolute atomic E-state index is 0.0338. The Kier molecular flexibility index (Phi) is 5.65. The summed E-state index contributed by atoms with van der Waals surface area (Å²) in [6.07, 6.45) is 0. The summed E-state index contributed by atoms with van der Waals surface area (Å²) in [5.41, 5.74) is 1.74. The van der Waals surface area contributed by atoms with Crippen LogP contribution in [0.2, 0.25) is 11.1 Å². The summed E-state index contributed by atoms with van der Waals surface area (Å²) in [6, 6.07) is 0. The van der Waals surface area contributed by atoms with Crippen LogP contribution < -0.4 is 0 Å². The van der Waals surface area contributed by atoms with Gasteiger partial charge in [-0.1, -0.05) is 53.7 Å². The van der Waals surface area contributed by atoms with Crippen molar-refractivity contribution in [3.05, 3.63) is 10.8 Å². The number of aliphatic carboxylic acids is 1. The lowest BCUT2D eigenvalue weighted by Gasteiger charge is -2.35. The van der Waals surface area contributed by atoms with Crippen LogP contribution in [0.1, 0.15) is 55.4 Å². The van der Waals surface area contributed by atoms with Gasteiger partial charge in [-0.05, 0) is 23.4 Å². The third-order valence-electron chi connectivity index (χ3n) is 3.30. The molecule has 0 aromatic heterocycles. The van der Waals surface area contributed by atoms with Gasteiger partial charge in [-0.15, -0.1) is 0 Å². The Morgan fingerprint density at radius 3 is 1.59 bits per heavy atom. The number of hydrogen-bond acceptors (Lipinski definition) is 1. The molecule has 2 nitrogen and oxygen atoms in total. The summed E-state index contributed by atoms with van der Waals surface area (Å²) >= 11 is 0. The molecule has 0 atom stereocenters. The largest absolute Gasteiger partial charge is 0.478 e. The molecule has 100 valence electrons. The van der Waals surface area contributed by atoms with E-state index >= 15 is 0 Å². The van der Waals surface area contributed by atoms with Gasteiger partial charge in [0.1, 0.15) is 0 Å². The minimum atomic E-state index is -1.24. The summed E-state index contributed by atoms with van der Waals surface area (Å²) in [5.74, 6) is -0.756. The van der Waals surface area contributed by atoms with Crippen molar-refractivity contribution in [1.29, 1.82) is 0 Å². The molecule has 0 aliphatic rings. The second kappa shape index (κ2) is 5.85. The Labute approximate surface area is 108 Å². The summed E-state index contributed by atoms with van der Waals surface area (Å²) < 4.78 is 0. The number of allylic oxidation sites excluding steroid dienone is 1. The first-order valence-corrected chi connectivity index (χ1v) is 8.35. The Morgan fingerprint density at radius 1 is 1.06 bits per heavy atom. The van der Waals surface area contributed by atoms with Crippen molar-refractivity contribution in [2.45, 2.75) is 66.5 Å². The molecule has 0 fully saturated rings. The van der Waals surface area contributed by atoms with Crippen molar-refractivity contribution < 1.29 is 9.90 Å². The smallest absolute Gasteiger partial charge is 0.330 e. The molecule has 0 aliphatic heterocycles. The van der Waals surface area contributed by atoms with Gasteiger partial charge in [-0.2, -0.15) is 0 Å². The molecular weight excluding hydrogens is 228 g/mol. The maximum absolute atomic E-state index is 11.3. The average Bonchev–Trinajstić information content (AvgIpc) is 2.09. The highest BCUT2D eigenvalue weighted by Crippen LogP contribution is 2.38. The van der Waals surface area contributed by atoms with E-state index in [1.807, 2.05) is 0 Å². The Morgan fingerprint density at radius 2 is 1.41 bits per heavy atom. The highest BCUT2D eigenvalue weighted by molar-refractivity contribution is 6.70. The maximum Gasteiger partial charge on any atom is 0.330 e. The first-order chi connectivity index (χ1) is 7.50. The SMILES string of the molecule is CC(C(=O)O)=C([SiH](C(C)C)C(C)C)C(C)(C)C. The minimum Gasteiger partial charge on any atom is -0.478 e. The Balaban J connectivity index is 5.79. The number of hydrogen-bond donors (Lipinski definition) is 1. The first kappa shape index (κ1) is 16.4. The lowest BCUT2D eigenvalue weighted by molar-refractivity contribution is -0.132. The molecule has 1 N–H and O–H groups in total. The second-order valence-electron chi connectivity index (χ2n) is 6.61. The summed E-state index contributed by atoms with van der Waals surface area (Å²) in [6.45, 7) is 17.1. The number of rotatable bonds is 4. The van der Waals surface area contributed by atoms with Gasteiger partial charge in [0.05, 0.1) is 8.80 Å². The van der Waals surface area contributed by atoms with E-state index in [1.54, 1.807) is 6.92 Å². The third kappa shape index (κ3) is 4.30. The van der Waals surface area contributed by atoms with E-state index in [0.717, 1.165) is 0 Å². The fourth-order valence-corrected chi connectivity index (χ4v) is 7.36. The van der Waals surface area contributed by atoms with E-state index in [1.165, 1.54) is 5.20 Å². The first-order valence-electron chi connectivity index (χ1n) is 6.44. The quantitative estimate of drug-likeness (QED) is 0.609. The molecule has 3 heteroatoms. The molecule has 0 aliphatic carbocycles.